The minimum atomic E-state index is -0.757. The molecule has 1 rings (SSSR count). The second-order valence-electron chi connectivity index (χ2n) is 3.47. The first kappa shape index (κ1) is 14.6. The van der Waals surface area contributed by atoms with Gasteiger partial charge in [0, 0.05) is 5.02 Å². The van der Waals surface area contributed by atoms with Gasteiger partial charge in [-0.15, -0.1) is 0 Å². The number of rotatable bonds is 3. The van der Waals surface area contributed by atoms with Crippen molar-refractivity contribution >= 4 is 40.9 Å². The van der Waals surface area contributed by atoms with Crippen molar-refractivity contribution in [1.82, 2.24) is 5.32 Å². The normalized spacial score (nSPS) is 11.6. The van der Waals surface area contributed by atoms with Gasteiger partial charge >= 0.3 is 12.0 Å². The third kappa shape index (κ3) is 4.09. The molecule has 1 aromatic rings. The zero-order chi connectivity index (χ0) is 13.7. The molecule has 0 unspecified atom stereocenters. The molecule has 0 fully saturated rings. The third-order valence-electron chi connectivity index (χ3n) is 2.08. The van der Waals surface area contributed by atoms with Crippen LogP contribution in [0, 0.1) is 0 Å². The average molecular weight is 291 g/mol. The quantitative estimate of drug-likeness (QED) is 0.841. The molecule has 2 N–H and O–H groups in total. The van der Waals surface area contributed by atoms with Gasteiger partial charge in [0.1, 0.15) is 6.04 Å². The van der Waals surface area contributed by atoms with Crippen molar-refractivity contribution in [2.75, 3.05) is 12.4 Å². The second-order valence-corrected chi connectivity index (χ2v) is 4.31. The number of methoxy groups -OCH3 is 1. The van der Waals surface area contributed by atoms with Crippen LogP contribution in [0.1, 0.15) is 6.92 Å². The largest absolute Gasteiger partial charge is 0.467 e. The molecule has 0 aliphatic rings. The number of hydrogen-bond acceptors (Lipinski definition) is 3. The summed E-state index contributed by atoms with van der Waals surface area (Å²) >= 11 is 11.6. The van der Waals surface area contributed by atoms with Gasteiger partial charge in [0.25, 0.3) is 0 Å². The molecule has 0 saturated carbocycles. The van der Waals surface area contributed by atoms with E-state index in [4.69, 9.17) is 23.2 Å². The summed E-state index contributed by atoms with van der Waals surface area (Å²) in [5.74, 6) is -0.539. The van der Waals surface area contributed by atoms with Crippen LogP contribution in [0.5, 0.6) is 0 Å². The van der Waals surface area contributed by atoms with Crippen LogP contribution in [0.2, 0.25) is 10.0 Å². The van der Waals surface area contributed by atoms with Gasteiger partial charge in [0.05, 0.1) is 17.8 Å². The number of hydrogen-bond donors (Lipinski definition) is 2. The summed E-state index contributed by atoms with van der Waals surface area (Å²) in [5, 5.41) is 5.67. The molecule has 7 heteroatoms. The molecule has 0 heterocycles. The molecule has 0 spiro atoms. The van der Waals surface area contributed by atoms with Gasteiger partial charge in [-0.1, -0.05) is 23.2 Å². The first-order valence-electron chi connectivity index (χ1n) is 5.04. The number of amides is 2. The smallest absolute Gasteiger partial charge is 0.328 e. The first-order valence-corrected chi connectivity index (χ1v) is 5.80. The van der Waals surface area contributed by atoms with Crippen LogP contribution in [-0.2, 0) is 9.53 Å². The van der Waals surface area contributed by atoms with Crippen LogP contribution < -0.4 is 10.6 Å². The maximum Gasteiger partial charge on any atom is 0.328 e. The molecular formula is C11H12Cl2N2O3. The van der Waals surface area contributed by atoms with Gasteiger partial charge < -0.3 is 15.4 Å². The van der Waals surface area contributed by atoms with Crippen molar-refractivity contribution in [3.05, 3.63) is 28.2 Å². The predicted molar refractivity (Wildman–Crippen MR) is 70.1 cm³/mol. The zero-order valence-corrected chi connectivity index (χ0v) is 11.3. The van der Waals surface area contributed by atoms with Gasteiger partial charge in [-0.25, -0.2) is 9.59 Å². The molecule has 1 atom stereocenters. The topological polar surface area (TPSA) is 67.4 Å². The molecule has 0 aromatic heterocycles. The van der Waals surface area contributed by atoms with E-state index in [1.807, 2.05) is 0 Å². The summed E-state index contributed by atoms with van der Waals surface area (Å²) < 4.78 is 4.48. The maximum absolute atomic E-state index is 11.6. The fraction of sp³-hybridized carbons (Fsp3) is 0.273. The Bertz CT molecular complexity index is 466. The van der Waals surface area contributed by atoms with Crippen LogP contribution >= 0.6 is 23.2 Å². The molecule has 2 amide bonds. The van der Waals surface area contributed by atoms with Crippen molar-refractivity contribution < 1.29 is 14.3 Å². The van der Waals surface area contributed by atoms with Crippen LogP contribution in [0.25, 0.3) is 0 Å². The highest BCUT2D eigenvalue weighted by Gasteiger charge is 2.16. The van der Waals surface area contributed by atoms with Crippen LogP contribution in [0.3, 0.4) is 0 Å². The number of carbonyl (C=O) groups is 2. The Morgan fingerprint density at radius 3 is 2.61 bits per heavy atom. The Balaban J connectivity index is 2.65. The Labute approximate surface area is 114 Å². The Morgan fingerprint density at radius 1 is 1.33 bits per heavy atom. The lowest BCUT2D eigenvalue weighted by atomic mass is 10.3. The maximum atomic E-state index is 11.6. The van der Waals surface area contributed by atoms with E-state index in [1.165, 1.54) is 20.1 Å². The summed E-state index contributed by atoms with van der Waals surface area (Å²) in [7, 11) is 1.24. The molecular weight excluding hydrogens is 279 g/mol. The molecule has 0 saturated heterocycles. The van der Waals surface area contributed by atoms with E-state index in [2.05, 4.69) is 15.4 Å². The second kappa shape index (κ2) is 6.47. The highest BCUT2D eigenvalue weighted by molar-refractivity contribution is 6.35. The van der Waals surface area contributed by atoms with Gasteiger partial charge in [0.15, 0.2) is 0 Å². The Kier molecular flexibility index (Phi) is 5.25. The SMILES string of the molecule is COC(=O)[C@@H](C)NC(=O)Nc1cc(Cl)ccc1Cl. The lowest BCUT2D eigenvalue weighted by Crippen LogP contribution is -2.41. The van der Waals surface area contributed by atoms with Crippen molar-refractivity contribution in [2.24, 2.45) is 0 Å². The highest BCUT2D eigenvalue weighted by atomic mass is 35.5. The van der Waals surface area contributed by atoms with Crippen LogP contribution in [0.15, 0.2) is 18.2 Å². The molecule has 1 aromatic carbocycles. The van der Waals surface area contributed by atoms with E-state index in [0.29, 0.717) is 15.7 Å². The van der Waals surface area contributed by atoms with E-state index < -0.39 is 18.0 Å². The summed E-state index contributed by atoms with van der Waals surface area (Å²) in [5.41, 5.74) is 0.360. The Morgan fingerprint density at radius 2 is 2.00 bits per heavy atom. The molecule has 18 heavy (non-hydrogen) atoms. The van der Waals surface area contributed by atoms with Gasteiger partial charge in [-0.3, -0.25) is 0 Å². The van der Waals surface area contributed by atoms with Gasteiger partial charge in [-0.2, -0.15) is 0 Å². The number of urea groups is 1. The van der Waals surface area contributed by atoms with E-state index in [9.17, 15) is 9.59 Å². The fourth-order valence-electron chi connectivity index (χ4n) is 1.18. The number of halogens is 2. The summed E-state index contributed by atoms with van der Waals surface area (Å²) in [6.07, 6.45) is 0. The summed E-state index contributed by atoms with van der Waals surface area (Å²) in [6.45, 7) is 1.50. The highest BCUT2D eigenvalue weighted by Crippen LogP contribution is 2.25. The van der Waals surface area contributed by atoms with E-state index in [1.54, 1.807) is 12.1 Å². The molecule has 0 aliphatic carbocycles. The number of carbonyl (C=O) groups excluding carboxylic acids is 2. The van der Waals surface area contributed by atoms with Crippen molar-refractivity contribution in [3.8, 4) is 0 Å². The summed E-state index contributed by atoms with van der Waals surface area (Å²) in [6, 6.07) is 3.34. The van der Waals surface area contributed by atoms with E-state index in [0.717, 1.165) is 0 Å². The monoisotopic (exact) mass is 290 g/mol. The standard InChI is InChI=1S/C11H12Cl2N2O3/c1-6(10(16)18-2)14-11(17)15-9-5-7(12)3-4-8(9)13/h3-6H,1-2H3,(H2,14,15,17)/t6-/m1/s1. The number of benzene rings is 1. The van der Waals surface area contributed by atoms with Crippen LogP contribution in [0.4, 0.5) is 10.5 Å². The predicted octanol–water partition coefficient (Wildman–Crippen LogP) is 2.68. The number of anilines is 1. The van der Waals surface area contributed by atoms with Crippen molar-refractivity contribution in [3.63, 3.8) is 0 Å². The number of esters is 1. The Hall–Kier alpha value is -1.46. The molecule has 98 valence electrons. The first-order chi connectivity index (χ1) is 8.43. The molecule has 5 nitrogen and oxygen atoms in total. The van der Waals surface area contributed by atoms with E-state index in [-0.39, 0.29) is 0 Å². The minimum absolute atomic E-state index is 0.347. The van der Waals surface area contributed by atoms with Gasteiger partial charge in [0.2, 0.25) is 0 Å². The number of ether oxygens (including phenoxy) is 1. The molecule has 0 radical (unpaired) electrons. The fourth-order valence-corrected chi connectivity index (χ4v) is 1.52. The number of nitrogens with one attached hydrogen (secondary N) is 2. The van der Waals surface area contributed by atoms with Crippen LogP contribution in [-0.4, -0.2) is 25.2 Å². The van der Waals surface area contributed by atoms with Crippen molar-refractivity contribution in [2.45, 2.75) is 13.0 Å². The lowest BCUT2D eigenvalue weighted by molar-refractivity contribution is -0.142. The molecule has 0 aliphatic heterocycles. The molecule has 0 bridgehead atoms. The summed E-state index contributed by atoms with van der Waals surface area (Å²) in [4.78, 5) is 22.7. The minimum Gasteiger partial charge on any atom is -0.467 e. The zero-order valence-electron chi connectivity index (χ0n) is 9.79. The van der Waals surface area contributed by atoms with E-state index >= 15 is 0 Å². The average Bonchev–Trinajstić information content (AvgIpc) is 2.32. The van der Waals surface area contributed by atoms with Crippen molar-refractivity contribution in [1.29, 1.82) is 0 Å². The third-order valence-corrected chi connectivity index (χ3v) is 2.64. The van der Waals surface area contributed by atoms with Gasteiger partial charge in [-0.05, 0) is 25.1 Å². The lowest BCUT2D eigenvalue weighted by Gasteiger charge is -2.13.